The number of methoxy groups -OCH3 is 2. The Labute approximate surface area is 264 Å². The van der Waals surface area contributed by atoms with Crippen molar-refractivity contribution in [3.05, 3.63) is 62.7 Å². The van der Waals surface area contributed by atoms with Gasteiger partial charge in [-0.05, 0) is 76.9 Å². The summed E-state index contributed by atoms with van der Waals surface area (Å²) in [7, 11) is 3.07. The minimum atomic E-state index is -1.19. The number of hydrogen-bond acceptors (Lipinski definition) is 9. The van der Waals surface area contributed by atoms with Gasteiger partial charge in [0.1, 0.15) is 18.0 Å². The van der Waals surface area contributed by atoms with Crippen molar-refractivity contribution in [2.75, 3.05) is 47.1 Å². The number of ether oxygens (including phenoxy) is 4. The van der Waals surface area contributed by atoms with E-state index in [0.29, 0.717) is 58.0 Å². The molecule has 0 spiro atoms. The molecule has 43 heavy (non-hydrogen) atoms. The highest BCUT2D eigenvalue weighted by Crippen LogP contribution is 2.37. The van der Waals surface area contributed by atoms with E-state index in [9.17, 15) is 24.9 Å². The molecule has 0 bridgehead atoms. The van der Waals surface area contributed by atoms with Crippen molar-refractivity contribution in [2.24, 2.45) is 5.92 Å². The maximum atomic E-state index is 13.9. The molecular weight excluding hydrogens is 671 g/mol. The number of carbonyl (C=O) groups excluding carboxylic acids is 2. The van der Waals surface area contributed by atoms with Crippen LogP contribution in [0.25, 0.3) is 0 Å². The molecule has 4 rings (SSSR count). The Hall–Kier alpha value is -2.91. The molecule has 2 amide bonds. The van der Waals surface area contributed by atoms with Crippen LogP contribution >= 0.6 is 22.6 Å². The number of carbonyl (C=O) groups is 2. The Bertz CT molecular complexity index is 1300. The van der Waals surface area contributed by atoms with E-state index < -0.39 is 24.2 Å². The predicted octanol–water partition coefficient (Wildman–Crippen LogP) is 1.82. The number of halogens is 1. The lowest BCUT2D eigenvalue weighted by atomic mass is 9.87. The molecule has 1 saturated heterocycles. The molecule has 2 aromatic rings. The monoisotopic (exact) mass is 710 g/mol. The second-order valence-electron chi connectivity index (χ2n) is 10.5. The highest BCUT2D eigenvalue weighted by atomic mass is 127. The lowest BCUT2D eigenvalue weighted by Crippen LogP contribution is -2.56. The van der Waals surface area contributed by atoms with Crippen LogP contribution in [0.2, 0.25) is 0 Å². The number of benzene rings is 2. The van der Waals surface area contributed by atoms with Gasteiger partial charge < -0.3 is 44.5 Å². The van der Waals surface area contributed by atoms with Crippen LogP contribution in [0.15, 0.2) is 48.0 Å². The predicted molar refractivity (Wildman–Crippen MR) is 166 cm³/mol. The molecule has 2 aliphatic rings. The minimum absolute atomic E-state index is 0.0567. The maximum Gasteiger partial charge on any atom is 0.247 e. The molecule has 1 unspecified atom stereocenters. The summed E-state index contributed by atoms with van der Waals surface area (Å²) < 4.78 is 23.4. The van der Waals surface area contributed by atoms with Crippen molar-refractivity contribution in [1.82, 2.24) is 10.2 Å². The van der Waals surface area contributed by atoms with Gasteiger partial charge in [0.25, 0.3) is 0 Å². The largest absolute Gasteiger partial charge is 0.497 e. The summed E-state index contributed by atoms with van der Waals surface area (Å²) in [5.74, 6) is 0.475. The third kappa shape index (κ3) is 8.18. The Morgan fingerprint density at radius 1 is 1.14 bits per heavy atom. The van der Waals surface area contributed by atoms with Crippen molar-refractivity contribution in [3.63, 3.8) is 0 Å². The number of aliphatic hydroxyl groups excluding tert-OH is 3. The summed E-state index contributed by atoms with van der Waals surface area (Å²) in [5, 5.41) is 33.4. The highest BCUT2D eigenvalue weighted by molar-refractivity contribution is 14.1. The smallest absolute Gasteiger partial charge is 0.247 e. The van der Waals surface area contributed by atoms with Gasteiger partial charge in [-0.1, -0.05) is 12.1 Å². The van der Waals surface area contributed by atoms with E-state index >= 15 is 0 Å². The van der Waals surface area contributed by atoms with Crippen molar-refractivity contribution in [2.45, 2.75) is 44.1 Å². The van der Waals surface area contributed by atoms with E-state index in [0.717, 1.165) is 5.56 Å². The Morgan fingerprint density at radius 3 is 2.63 bits per heavy atom. The first-order valence-corrected chi connectivity index (χ1v) is 15.3. The zero-order valence-electron chi connectivity index (χ0n) is 24.3. The van der Waals surface area contributed by atoms with Gasteiger partial charge in [-0.3, -0.25) is 9.59 Å². The van der Waals surface area contributed by atoms with E-state index in [-0.39, 0.29) is 44.5 Å². The maximum absolute atomic E-state index is 13.9. The molecule has 4 atom stereocenters. The fraction of sp³-hybridized carbons (Fsp3) is 0.484. The van der Waals surface area contributed by atoms with E-state index in [4.69, 9.17) is 18.9 Å². The molecular formula is C31H39IN2O9. The third-order valence-electron chi connectivity index (χ3n) is 7.68. The normalized spacial score (nSPS) is 21.6. The lowest BCUT2D eigenvalue weighted by Gasteiger charge is -2.41. The van der Waals surface area contributed by atoms with E-state index in [1.807, 2.05) is 24.3 Å². The zero-order valence-corrected chi connectivity index (χ0v) is 26.5. The SMILES string of the molecule is COc1cccc(CCN(C(=O)C2CCOC2)[C@@H]2CC(C(=O)NCCO)=C[C@H](Oc3c(I)cc(CO)cc3OC)[C@H]2O)c1. The van der Waals surface area contributed by atoms with Crippen LogP contribution in [0, 0.1) is 9.49 Å². The van der Waals surface area contributed by atoms with E-state index in [1.54, 1.807) is 30.2 Å². The number of amides is 2. The molecule has 1 fully saturated rings. The number of nitrogens with one attached hydrogen (secondary N) is 1. The third-order valence-corrected chi connectivity index (χ3v) is 8.48. The van der Waals surface area contributed by atoms with Gasteiger partial charge >= 0.3 is 0 Å². The molecule has 1 aliphatic heterocycles. The molecule has 0 saturated carbocycles. The summed E-state index contributed by atoms with van der Waals surface area (Å²) in [4.78, 5) is 28.8. The summed E-state index contributed by atoms with van der Waals surface area (Å²) in [6.07, 6.45) is 0.519. The van der Waals surface area contributed by atoms with E-state index in [1.165, 1.54) is 7.11 Å². The molecule has 1 aliphatic carbocycles. The van der Waals surface area contributed by atoms with Gasteiger partial charge in [-0.25, -0.2) is 0 Å². The van der Waals surface area contributed by atoms with E-state index in [2.05, 4.69) is 27.9 Å². The molecule has 0 radical (unpaired) electrons. The molecule has 4 N–H and O–H groups in total. The summed E-state index contributed by atoms with van der Waals surface area (Å²) in [6, 6.07) is 10.2. The van der Waals surface area contributed by atoms with Crippen LogP contribution < -0.4 is 19.5 Å². The van der Waals surface area contributed by atoms with Gasteiger partial charge in [0, 0.05) is 31.7 Å². The van der Waals surface area contributed by atoms with Gasteiger partial charge in [0.05, 0.1) is 49.6 Å². The second kappa shape index (κ2) is 15.7. The molecule has 234 valence electrons. The fourth-order valence-corrected chi connectivity index (χ4v) is 6.17. The van der Waals surface area contributed by atoms with Gasteiger partial charge in [0.2, 0.25) is 11.8 Å². The summed E-state index contributed by atoms with van der Waals surface area (Å²) in [5.41, 5.74) is 1.91. The average Bonchev–Trinajstić information content (AvgIpc) is 3.57. The minimum Gasteiger partial charge on any atom is -0.497 e. The zero-order chi connectivity index (χ0) is 30.9. The van der Waals surface area contributed by atoms with Crippen LogP contribution in [0.4, 0.5) is 0 Å². The van der Waals surface area contributed by atoms with Crippen LogP contribution in [-0.2, 0) is 27.4 Å². The second-order valence-corrected chi connectivity index (χ2v) is 11.6. The van der Waals surface area contributed by atoms with Crippen molar-refractivity contribution >= 4 is 34.4 Å². The quantitative estimate of drug-likeness (QED) is 0.229. The molecule has 0 aromatic heterocycles. The van der Waals surface area contributed by atoms with Crippen molar-refractivity contribution in [3.8, 4) is 17.2 Å². The van der Waals surface area contributed by atoms with Gasteiger partial charge in [0.15, 0.2) is 11.5 Å². The highest BCUT2D eigenvalue weighted by Gasteiger charge is 2.42. The fourth-order valence-electron chi connectivity index (χ4n) is 5.38. The average molecular weight is 711 g/mol. The number of rotatable bonds is 13. The van der Waals surface area contributed by atoms with Crippen molar-refractivity contribution in [1.29, 1.82) is 0 Å². The van der Waals surface area contributed by atoms with Crippen LogP contribution in [0.1, 0.15) is 24.0 Å². The number of hydrogen-bond donors (Lipinski definition) is 4. The first kappa shape index (κ1) is 33.0. The lowest BCUT2D eigenvalue weighted by molar-refractivity contribution is -0.142. The number of nitrogens with zero attached hydrogens (tertiary/aromatic N) is 1. The molecule has 12 heteroatoms. The summed E-state index contributed by atoms with van der Waals surface area (Å²) >= 11 is 2.06. The standard InChI is InChI=1S/C31H39IN2O9/c1-40-23-5-3-4-19(12-23)6-9-34(31(39)21-7-11-42-18-21)25-15-22(30(38)33-8-10-35)16-26(28(25)37)43-29-24(32)13-20(17-36)14-27(29)41-2/h3-5,12-14,16,21,25-26,28,35-37H,6-11,15,17-18H2,1-2H3,(H,33,38)/t21?,25-,26+,28+/m1/s1. The first-order chi connectivity index (χ1) is 20.8. The summed E-state index contributed by atoms with van der Waals surface area (Å²) in [6.45, 7) is 0.699. The van der Waals surface area contributed by atoms with Crippen LogP contribution in [0.3, 0.4) is 0 Å². The Kier molecular flexibility index (Phi) is 12.1. The Morgan fingerprint density at radius 2 is 1.95 bits per heavy atom. The number of aliphatic hydroxyl groups is 3. The molecule has 11 nitrogen and oxygen atoms in total. The topological polar surface area (TPSA) is 147 Å². The van der Waals surface area contributed by atoms with Crippen LogP contribution in [0.5, 0.6) is 17.2 Å². The molecule has 1 heterocycles. The first-order valence-electron chi connectivity index (χ1n) is 14.2. The van der Waals surface area contributed by atoms with Gasteiger partial charge in [-0.15, -0.1) is 0 Å². The molecule has 2 aromatic carbocycles. The van der Waals surface area contributed by atoms with Crippen LogP contribution in [-0.4, -0.2) is 97.4 Å². The van der Waals surface area contributed by atoms with Crippen molar-refractivity contribution < 1.29 is 43.9 Å². The Balaban J connectivity index is 1.69. The van der Waals surface area contributed by atoms with Gasteiger partial charge in [-0.2, -0.15) is 0 Å².